The molecule has 0 aliphatic carbocycles. The Balaban J connectivity index is 1.90. The number of rotatable bonds is 7. The zero-order valence-electron chi connectivity index (χ0n) is 18.8. The maximum absolute atomic E-state index is 15.3. The number of esters is 1. The number of ether oxygens (including phenoxy) is 1. The molecule has 2 N–H and O–H groups in total. The van der Waals surface area contributed by atoms with Crippen LogP contribution in [0.5, 0.6) is 0 Å². The van der Waals surface area contributed by atoms with E-state index in [0.29, 0.717) is 22.4 Å². The van der Waals surface area contributed by atoms with Crippen LogP contribution in [-0.2, 0) is 21.4 Å². The van der Waals surface area contributed by atoms with Gasteiger partial charge in [-0.05, 0) is 44.0 Å². The number of methoxy groups -OCH3 is 1. The first-order chi connectivity index (χ1) is 15.9. The van der Waals surface area contributed by atoms with Crippen LogP contribution in [0.3, 0.4) is 0 Å². The molecule has 4 rings (SSSR count). The Morgan fingerprint density at radius 3 is 2.58 bits per heavy atom. The molecule has 8 heteroatoms. The van der Waals surface area contributed by atoms with Crippen molar-refractivity contribution in [2.45, 2.75) is 31.7 Å². The molecule has 0 saturated carbocycles. The maximum atomic E-state index is 15.3. The molecule has 1 unspecified atom stereocenters. The second kappa shape index (κ2) is 9.07. The number of fused-ring (bicyclic) bond motifs is 1. The van der Waals surface area contributed by atoms with Crippen molar-refractivity contribution >= 4 is 17.1 Å². The van der Waals surface area contributed by atoms with Gasteiger partial charge in [-0.3, -0.25) is 4.79 Å². The molecule has 0 bridgehead atoms. The van der Waals surface area contributed by atoms with Gasteiger partial charge < -0.3 is 15.0 Å². The number of nitrogens with two attached hydrogens (primary N) is 1. The molecule has 170 valence electrons. The highest BCUT2D eigenvalue weighted by atomic mass is 19.1. The first kappa shape index (κ1) is 22.5. The Labute approximate surface area is 191 Å². The predicted octanol–water partition coefficient (Wildman–Crippen LogP) is 3.83. The number of benzene rings is 2. The number of hydrogen-bond acceptors (Lipinski definition) is 6. The molecule has 2 aromatic carbocycles. The summed E-state index contributed by atoms with van der Waals surface area (Å²) in [6.07, 6.45) is 3.37. The largest absolute Gasteiger partial charge is 0.468 e. The Kier molecular flexibility index (Phi) is 6.20. The Morgan fingerprint density at radius 1 is 1.15 bits per heavy atom. The lowest BCUT2D eigenvalue weighted by atomic mass is 9.74. The smallest absolute Gasteiger partial charge is 0.318 e. The molecule has 0 aliphatic rings. The number of nitrogens with zero attached hydrogens (tertiary/aromatic N) is 4. The van der Waals surface area contributed by atoms with Gasteiger partial charge in [0.2, 0.25) is 0 Å². The summed E-state index contributed by atoms with van der Waals surface area (Å²) in [7, 11) is 1.28. The van der Waals surface area contributed by atoms with Crippen molar-refractivity contribution in [2.24, 2.45) is 5.73 Å². The highest BCUT2D eigenvalue weighted by Crippen LogP contribution is 2.35. The van der Waals surface area contributed by atoms with Gasteiger partial charge in [0.25, 0.3) is 0 Å². The summed E-state index contributed by atoms with van der Waals surface area (Å²) >= 11 is 0. The topological polar surface area (TPSA) is 95.9 Å². The molecule has 0 radical (unpaired) electrons. The zero-order chi connectivity index (χ0) is 23.6. The van der Waals surface area contributed by atoms with E-state index in [1.54, 1.807) is 18.5 Å². The first-order valence-corrected chi connectivity index (χ1v) is 10.7. The van der Waals surface area contributed by atoms with Gasteiger partial charge in [0, 0.05) is 23.7 Å². The summed E-state index contributed by atoms with van der Waals surface area (Å²) in [5, 5.41) is 0. The van der Waals surface area contributed by atoms with E-state index in [1.807, 2.05) is 48.7 Å². The molecule has 2 heterocycles. The lowest BCUT2D eigenvalue weighted by molar-refractivity contribution is -0.147. The van der Waals surface area contributed by atoms with Gasteiger partial charge in [-0.2, -0.15) is 0 Å². The molecule has 0 aliphatic heterocycles. The summed E-state index contributed by atoms with van der Waals surface area (Å²) in [4.78, 5) is 26.3. The third kappa shape index (κ3) is 3.98. The van der Waals surface area contributed by atoms with Crippen molar-refractivity contribution in [3.05, 3.63) is 78.1 Å². The summed E-state index contributed by atoms with van der Waals surface area (Å²) in [6, 6.07) is 14.1. The molecular formula is C25H26FN5O2. The molecule has 0 saturated heterocycles. The van der Waals surface area contributed by atoms with Crippen LogP contribution in [0.1, 0.15) is 31.0 Å². The van der Waals surface area contributed by atoms with Crippen LogP contribution >= 0.6 is 0 Å². The van der Waals surface area contributed by atoms with Crippen molar-refractivity contribution in [3.63, 3.8) is 0 Å². The van der Waals surface area contributed by atoms with E-state index >= 15 is 4.39 Å². The van der Waals surface area contributed by atoms with Crippen LogP contribution in [0.4, 0.5) is 4.39 Å². The Hall–Kier alpha value is -3.65. The normalized spacial score (nSPS) is 13.3. The first-order valence-electron chi connectivity index (χ1n) is 10.7. The van der Waals surface area contributed by atoms with Gasteiger partial charge in [0.05, 0.1) is 13.4 Å². The quantitative estimate of drug-likeness (QED) is 0.433. The van der Waals surface area contributed by atoms with Gasteiger partial charge in [-0.15, -0.1) is 0 Å². The number of carbonyl (C=O) groups excluding carboxylic acids is 1. The second-order valence-electron chi connectivity index (χ2n) is 8.27. The van der Waals surface area contributed by atoms with Gasteiger partial charge in [-0.25, -0.2) is 19.3 Å². The van der Waals surface area contributed by atoms with Crippen LogP contribution in [0.25, 0.3) is 22.4 Å². The highest BCUT2D eigenvalue weighted by Gasteiger charge is 2.42. The standard InChI is InChI=1S/C25H26FN5O2/c1-16(2)31-15-30-22-21(28-14-29-23(22)31)18-9-10-20(26)19(11-18)25(13-27,24(32)33-3)12-17-7-5-4-6-8-17/h4-11,14-16H,12-13,27H2,1-3H3. The number of carbonyl (C=O) groups is 1. The summed E-state index contributed by atoms with van der Waals surface area (Å²) in [5.41, 5.74) is 8.19. The third-order valence-corrected chi connectivity index (χ3v) is 5.94. The van der Waals surface area contributed by atoms with Crippen molar-refractivity contribution in [3.8, 4) is 11.3 Å². The average molecular weight is 448 g/mol. The Bertz CT molecular complexity index is 1290. The molecule has 4 aromatic rings. The van der Waals surface area contributed by atoms with Crippen LogP contribution in [0.2, 0.25) is 0 Å². The minimum atomic E-state index is -1.40. The lowest BCUT2D eigenvalue weighted by Gasteiger charge is -2.31. The SMILES string of the molecule is COC(=O)C(CN)(Cc1ccccc1)c1cc(-c2ncnc3c2ncn3C(C)C)ccc1F. The fourth-order valence-corrected chi connectivity index (χ4v) is 4.16. The fraction of sp³-hybridized carbons (Fsp3) is 0.280. The van der Waals surface area contributed by atoms with E-state index in [-0.39, 0.29) is 24.6 Å². The minimum absolute atomic E-state index is 0.129. The summed E-state index contributed by atoms with van der Waals surface area (Å²) in [6.45, 7) is 3.94. The van der Waals surface area contributed by atoms with E-state index in [9.17, 15) is 4.79 Å². The summed E-state index contributed by atoms with van der Waals surface area (Å²) < 4.78 is 22.3. The second-order valence-corrected chi connectivity index (χ2v) is 8.27. The predicted molar refractivity (Wildman–Crippen MR) is 124 cm³/mol. The molecule has 33 heavy (non-hydrogen) atoms. The molecular weight excluding hydrogens is 421 g/mol. The van der Waals surface area contributed by atoms with E-state index in [2.05, 4.69) is 15.0 Å². The maximum Gasteiger partial charge on any atom is 0.318 e. The van der Waals surface area contributed by atoms with Crippen LogP contribution in [-0.4, -0.2) is 39.1 Å². The van der Waals surface area contributed by atoms with Crippen LogP contribution in [0.15, 0.2) is 61.2 Å². The van der Waals surface area contributed by atoms with Crippen LogP contribution in [0, 0.1) is 5.82 Å². The number of halogens is 1. The van der Waals surface area contributed by atoms with E-state index < -0.39 is 17.2 Å². The minimum Gasteiger partial charge on any atom is -0.468 e. The third-order valence-electron chi connectivity index (χ3n) is 5.94. The molecule has 0 fully saturated rings. The highest BCUT2D eigenvalue weighted by molar-refractivity contribution is 5.89. The van der Waals surface area contributed by atoms with Gasteiger partial charge in [-0.1, -0.05) is 30.3 Å². The molecule has 0 amide bonds. The van der Waals surface area contributed by atoms with Crippen molar-refractivity contribution in [1.29, 1.82) is 0 Å². The van der Waals surface area contributed by atoms with Gasteiger partial charge in [0.15, 0.2) is 5.65 Å². The number of imidazole rings is 1. The van der Waals surface area contributed by atoms with E-state index in [1.165, 1.54) is 19.5 Å². The monoisotopic (exact) mass is 447 g/mol. The lowest BCUT2D eigenvalue weighted by Crippen LogP contribution is -2.46. The van der Waals surface area contributed by atoms with Gasteiger partial charge >= 0.3 is 5.97 Å². The van der Waals surface area contributed by atoms with Crippen LogP contribution < -0.4 is 5.73 Å². The van der Waals surface area contributed by atoms with E-state index in [0.717, 1.165) is 5.56 Å². The molecule has 2 aromatic heterocycles. The van der Waals surface area contributed by atoms with Crippen molar-refractivity contribution in [2.75, 3.05) is 13.7 Å². The van der Waals surface area contributed by atoms with Crippen molar-refractivity contribution in [1.82, 2.24) is 19.5 Å². The summed E-state index contributed by atoms with van der Waals surface area (Å²) in [5.74, 6) is -1.13. The fourth-order valence-electron chi connectivity index (χ4n) is 4.16. The molecule has 1 atom stereocenters. The number of aromatic nitrogens is 4. The average Bonchev–Trinajstić information content (AvgIpc) is 3.28. The van der Waals surface area contributed by atoms with Gasteiger partial charge in [0.1, 0.15) is 28.8 Å². The van der Waals surface area contributed by atoms with E-state index in [4.69, 9.17) is 10.5 Å². The molecule has 0 spiro atoms. The zero-order valence-corrected chi connectivity index (χ0v) is 18.8. The number of hydrogen-bond donors (Lipinski definition) is 1. The Morgan fingerprint density at radius 2 is 1.91 bits per heavy atom. The molecule has 7 nitrogen and oxygen atoms in total. The van der Waals surface area contributed by atoms with Crippen molar-refractivity contribution < 1.29 is 13.9 Å².